The average molecular weight is 394 g/mol. The Morgan fingerprint density at radius 3 is 2.19 bits per heavy atom. The molecule has 27 heavy (non-hydrogen) atoms. The van der Waals surface area contributed by atoms with Gasteiger partial charge in [-0.1, -0.05) is 39.5 Å². The van der Waals surface area contributed by atoms with Crippen LogP contribution in [0.2, 0.25) is 0 Å². The van der Waals surface area contributed by atoms with E-state index in [-0.39, 0.29) is 36.1 Å². The van der Waals surface area contributed by atoms with Crippen molar-refractivity contribution >= 4 is 40.9 Å². The van der Waals surface area contributed by atoms with Crippen molar-refractivity contribution < 1.29 is 32.4 Å². The number of carboxylic acid groups (broad SMARTS) is 1. The third kappa shape index (κ3) is 8.48. The molecule has 7 nitrogen and oxygen atoms in total. The molecule has 0 saturated heterocycles. The molecule has 0 aliphatic carbocycles. The van der Waals surface area contributed by atoms with E-state index in [0.29, 0.717) is 12.8 Å². The van der Waals surface area contributed by atoms with Crippen LogP contribution in [0.1, 0.15) is 79.5 Å². The molecule has 1 unspecified atom stereocenters. The van der Waals surface area contributed by atoms with Gasteiger partial charge in [0.1, 0.15) is 11.0 Å². The fourth-order valence-corrected chi connectivity index (χ4v) is 3.27. The van der Waals surface area contributed by atoms with Gasteiger partial charge in [0.15, 0.2) is 0 Å². The van der Waals surface area contributed by atoms with Crippen molar-refractivity contribution in [2.24, 2.45) is 0 Å². The third-order valence-electron chi connectivity index (χ3n) is 4.01. The van der Waals surface area contributed by atoms with Crippen molar-refractivity contribution in [1.29, 1.82) is 0 Å². The minimum atomic E-state index is -4.77. The number of hydrogen-bond donors (Lipinski definition) is 2. The maximum atomic E-state index is 12.5. The number of carbonyl (C=O) groups is 2. The Morgan fingerprint density at radius 2 is 1.67 bits per heavy atom. The van der Waals surface area contributed by atoms with E-state index in [9.17, 15) is 22.6 Å². The number of hydrogen-bond acceptors (Lipinski definition) is 5. The van der Waals surface area contributed by atoms with E-state index in [4.69, 9.17) is 9.84 Å². The van der Waals surface area contributed by atoms with E-state index < -0.39 is 27.0 Å². The first-order valence-corrected chi connectivity index (χ1v) is 10.2. The summed E-state index contributed by atoms with van der Waals surface area (Å²) in [4.78, 5) is 22.7. The quantitative estimate of drug-likeness (QED) is 0.256. The molecule has 0 aromatic heterocycles. The zero-order valence-electron chi connectivity index (χ0n) is 15.1. The number of rotatable bonds is 11. The first kappa shape index (κ1) is 25.7. The van der Waals surface area contributed by atoms with Crippen LogP contribution in [0.15, 0.2) is 23.1 Å². The number of unbranched alkanes of at least 4 members (excludes halogenated alkanes) is 3. The molecule has 9 heteroatoms. The van der Waals surface area contributed by atoms with Crippen LogP contribution in [-0.2, 0) is 14.9 Å². The topological polar surface area (TPSA) is 118 Å². The molecule has 1 atom stereocenters. The van der Waals surface area contributed by atoms with Crippen LogP contribution in [0.5, 0.6) is 0 Å². The molecule has 0 radical (unpaired) electrons. The van der Waals surface area contributed by atoms with Crippen LogP contribution < -0.4 is 0 Å². The number of ether oxygens (including phenoxy) is 1. The molecule has 0 bridgehead atoms. The van der Waals surface area contributed by atoms with Gasteiger partial charge in [-0.25, -0.2) is 9.59 Å². The van der Waals surface area contributed by atoms with Crippen LogP contribution in [0.4, 0.5) is 0 Å². The van der Waals surface area contributed by atoms with Crippen LogP contribution >= 0.6 is 0 Å². The minimum absolute atomic E-state index is 0. The molecule has 148 valence electrons. The molecule has 0 heterocycles. The SMILES string of the molecule is CCCCCC(CCCC)OC(=O)c1ccc(C(=O)O)cc1S(=O)(=O)O.[LiH]. The van der Waals surface area contributed by atoms with E-state index in [1.54, 1.807) is 0 Å². The summed E-state index contributed by atoms with van der Waals surface area (Å²) < 4.78 is 37.9. The monoisotopic (exact) mass is 394 g/mol. The van der Waals surface area contributed by atoms with Crippen LogP contribution in [-0.4, -0.2) is 55.0 Å². The Morgan fingerprint density at radius 1 is 1.07 bits per heavy atom. The third-order valence-corrected chi connectivity index (χ3v) is 4.90. The van der Waals surface area contributed by atoms with E-state index >= 15 is 0 Å². The summed E-state index contributed by atoms with van der Waals surface area (Å²) in [6.45, 7) is 4.08. The van der Waals surface area contributed by atoms with Crippen LogP contribution in [0.3, 0.4) is 0 Å². The predicted molar refractivity (Wildman–Crippen MR) is 103 cm³/mol. The van der Waals surface area contributed by atoms with Gasteiger partial charge in [-0.3, -0.25) is 4.55 Å². The summed E-state index contributed by atoms with van der Waals surface area (Å²) in [5.74, 6) is -2.25. The van der Waals surface area contributed by atoms with Gasteiger partial charge in [0.25, 0.3) is 10.1 Å². The Labute approximate surface area is 172 Å². The van der Waals surface area contributed by atoms with Gasteiger partial charge >= 0.3 is 30.8 Å². The van der Waals surface area contributed by atoms with Crippen molar-refractivity contribution in [3.05, 3.63) is 29.3 Å². The first-order chi connectivity index (χ1) is 12.2. The standard InChI is InChI=1S/C18H26O7S.Li.H/c1-3-5-7-9-14(8-6-4-2)25-18(21)15-11-10-13(17(19)20)12-16(15)26(22,23)24;;/h10-12,14H,3-9H2,1-2H3,(H,19,20)(H,22,23,24);;. The van der Waals surface area contributed by atoms with Crippen molar-refractivity contribution in [3.63, 3.8) is 0 Å². The Balaban J connectivity index is 0.00000676. The number of aromatic carboxylic acids is 1. The molecule has 1 aromatic carbocycles. The van der Waals surface area contributed by atoms with Crippen LogP contribution in [0, 0.1) is 0 Å². The normalized spacial score (nSPS) is 12.1. The Hall–Kier alpha value is -1.33. The number of benzene rings is 1. The van der Waals surface area contributed by atoms with Gasteiger partial charge in [0.05, 0.1) is 11.1 Å². The van der Waals surface area contributed by atoms with E-state index in [1.807, 2.05) is 6.92 Å². The molecule has 2 N–H and O–H groups in total. The summed E-state index contributed by atoms with van der Waals surface area (Å²) in [6, 6.07) is 2.91. The van der Waals surface area contributed by atoms with Crippen molar-refractivity contribution in [2.75, 3.05) is 0 Å². The average Bonchev–Trinajstić information content (AvgIpc) is 2.58. The van der Waals surface area contributed by atoms with Gasteiger partial charge < -0.3 is 9.84 Å². The van der Waals surface area contributed by atoms with Gasteiger partial charge in [-0.2, -0.15) is 8.42 Å². The molecule has 0 saturated carbocycles. The van der Waals surface area contributed by atoms with E-state index in [2.05, 4.69) is 6.92 Å². The van der Waals surface area contributed by atoms with Crippen LogP contribution in [0.25, 0.3) is 0 Å². The predicted octanol–water partition coefficient (Wildman–Crippen LogP) is 3.28. The molecule has 0 fully saturated rings. The van der Waals surface area contributed by atoms with E-state index in [1.165, 1.54) is 0 Å². The number of esters is 1. The molecular weight excluding hydrogens is 367 g/mol. The Kier molecular flexibility index (Phi) is 11.6. The second-order valence-corrected chi connectivity index (χ2v) is 7.55. The number of carboxylic acids is 1. The molecule has 1 aromatic rings. The van der Waals surface area contributed by atoms with E-state index in [0.717, 1.165) is 50.3 Å². The molecule has 0 amide bonds. The van der Waals surface area contributed by atoms with Gasteiger partial charge in [-0.05, 0) is 37.5 Å². The summed E-state index contributed by atoms with van der Waals surface area (Å²) in [6.07, 6.45) is 5.72. The second kappa shape index (κ2) is 12.2. The zero-order chi connectivity index (χ0) is 19.7. The van der Waals surface area contributed by atoms with Crippen molar-refractivity contribution in [3.8, 4) is 0 Å². The molecule has 0 aliphatic rings. The molecular formula is C18H27LiO7S. The number of carbonyl (C=O) groups excluding carboxylic acids is 1. The summed E-state index contributed by atoms with van der Waals surface area (Å²) in [7, 11) is -4.77. The summed E-state index contributed by atoms with van der Waals surface area (Å²) >= 11 is 0. The van der Waals surface area contributed by atoms with Gasteiger partial charge in [0, 0.05) is 0 Å². The second-order valence-electron chi connectivity index (χ2n) is 6.16. The van der Waals surface area contributed by atoms with Crippen molar-refractivity contribution in [2.45, 2.75) is 69.8 Å². The fourth-order valence-electron chi connectivity index (χ4n) is 2.57. The summed E-state index contributed by atoms with van der Waals surface area (Å²) in [5, 5.41) is 8.97. The first-order valence-electron chi connectivity index (χ1n) is 8.76. The zero-order valence-corrected chi connectivity index (χ0v) is 15.9. The van der Waals surface area contributed by atoms with Crippen molar-refractivity contribution in [1.82, 2.24) is 0 Å². The van der Waals surface area contributed by atoms with Gasteiger partial charge in [-0.15, -0.1) is 0 Å². The summed E-state index contributed by atoms with van der Waals surface area (Å²) in [5.41, 5.74) is -0.714. The maximum absolute atomic E-state index is 12.5. The molecule has 0 spiro atoms. The Bertz CT molecular complexity index is 731. The molecule has 1 rings (SSSR count). The fraction of sp³-hybridized carbons (Fsp3) is 0.556. The molecule has 0 aliphatic heterocycles. The van der Waals surface area contributed by atoms with Gasteiger partial charge in [0.2, 0.25) is 0 Å².